The minimum atomic E-state index is -0.401. The van der Waals surface area contributed by atoms with E-state index >= 15 is 0 Å². The zero-order valence-corrected chi connectivity index (χ0v) is 8.99. The summed E-state index contributed by atoms with van der Waals surface area (Å²) < 4.78 is 0. The molecule has 3 heteroatoms. The van der Waals surface area contributed by atoms with Gasteiger partial charge in [-0.3, -0.25) is 9.59 Å². The predicted octanol–water partition coefficient (Wildman–Crippen LogP) is 1.39. The van der Waals surface area contributed by atoms with Gasteiger partial charge in [-0.25, -0.2) is 0 Å². The number of Topliss-reactive ketones (excluding diaryl/α,β-unsaturated/α-hetero) is 1. The normalized spacial score (nSPS) is 18.9. The van der Waals surface area contributed by atoms with E-state index in [0.717, 1.165) is 17.7 Å². The third-order valence-corrected chi connectivity index (χ3v) is 3.31. The molecular formula is C13H11NO2. The molecule has 0 saturated carbocycles. The molecule has 3 nitrogen and oxygen atoms in total. The molecule has 0 atom stereocenters. The lowest BCUT2D eigenvalue weighted by molar-refractivity contribution is -0.138. The van der Waals surface area contributed by atoms with Crippen LogP contribution in [-0.4, -0.2) is 23.6 Å². The smallest absolute Gasteiger partial charge is 0.298 e. The Morgan fingerprint density at radius 3 is 2.69 bits per heavy atom. The summed E-state index contributed by atoms with van der Waals surface area (Å²) in [6.45, 7) is 0. The summed E-state index contributed by atoms with van der Waals surface area (Å²) in [7, 11) is 1.67. The Labute approximate surface area is 93.4 Å². The quantitative estimate of drug-likeness (QED) is 0.611. The molecule has 1 aliphatic heterocycles. The number of ketones is 1. The summed E-state index contributed by atoms with van der Waals surface area (Å²) in [6.07, 6.45) is 1.53. The molecule has 0 N–H and O–H groups in total. The number of aryl methyl sites for hydroxylation is 1. The monoisotopic (exact) mass is 213 g/mol. The molecule has 0 spiro atoms. The van der Waals surface area contributed by atoms with Gasteiger partial charge in [-0.2, -0.15) is 0 Å². The molecule has 1 heterocycles. The van der Waals surface area contributed by atoms with Crippen LogP contribution in [0.25, 0.3) is 5.70 Å². The first-order valence-electron chi connectivity index (χ1n) is 5.34. The third-order valence-electron chi connectivity index (χ3n) is 3.31. The summed E-state index contributed by atoms with van der Waals surface area (Å²) in [6, 6.07) is 7.96. The van der Waals surface area contributed by atoms with Gasteiger partial charge in [0, 0.05) is 18.2 Å². The van der Waals surface area contributed by atoms with E-state index in [1.54, 1.807) is 7.05 Å². The SMILES string of the molecule is CN1C(=O)C(=O)C2=C1c1ccccc1CC2. The molecule has 80 valence electrons. The van der Waals surface area contributed by atoms with Gasteiger partial charge in [0.05, 0.1) is 5.70 Å². The number of likely N-dealkylation sites (N-methyl/N-ethyl adjacent to an activating group) is 1. The van der Waals surface area contributed by atoms with E-state index < -0.39 is 5.91 Å². The first-order valence-corrected chi connectivity index (χ1v) is 5.34. The number of fused-ring (bicyclic) bond motifs is 2. The number of hydrogen-bond acceptors (Lipinski definition) is 2. The number of benzene rings is 1. The largest absolute Gasteiger partial charge is 0.308 e. The lowest BCUT2D eigenvalue weighted by Gasteiger charge is -2.21. The molecule has 0 radical (unpaired) electrons. The van der Waals surface area contributed by atoms with Crippen molar-refractivity contribution in [2.24, 2.45) is 0 Å². The fraction of sp³-hybridized carbons (Fsp3) is 0.231. The molecule has 2 aliphatic rings. The van der Waals surface area contributed by atoms with Crippen molar-refractivity contribution in [1.29, 1.82) is 0 Å². The van der Waals surface area contributed by atoms with Crippen LogP contribution in [0.1, 0.15) is 17.5 Å². The van der Waals surface area contributed by atoms with Gasteiger partial charge in [0.15, 0.2) is 0 Å². The Balaban J connectivity index is 2.25. The Bertz CT molecular complexity index is 543. The average Bonchev–Trinajstić information content (AvgIpc) is 2.55. The molecule has 0 bridgehead atoms. The second-order valence-electron chi connectivity index (χ2n) is 4.18. The maximum Gasteiger partial charge on any atom is 0.298 e. The summed E-state index contributed by atoms with van der Waals surface area (Å²) in [5.41, 5.74) is 3.75. The van der Waals surface area contributed by atoms with Crippen LogP contribution < -0.4 is 0 Å². The molecule has 0 fully saturated rings. The Kier molecular flexibility index (Phi) is 1.78. The Hall–Kier alpha value is -1.90. The second kappa shape index (κ2) is 3.04. The van der Waals surface area contributed by atoms with Gasteiger partial charge in [-0.1, -0.05) is 24.3 Å². The van der Waals surface area contributed by atoms with Crippen molar-refractivity contribution in [3.05, 3.63) is 41.0 Å². The van der Waals surface area contributed by atoms with Crippen LogP contribution in [0.15, 0.2) is 29.8 Å². The Morgan fingerprint density at radius 1 is 1.12 bits per heavy atom. The van der Waals surface area contributed by atoms with E-state index in [4.69, 9.17) is 0 Å². The minimum absolute atomic E-state index is 0.327. The van der Waals surface area contributed by atoms with Gasteiger partial charge in [-0.15, -0.1) is 0 Å². The van der Waals surface area contributed by atoms with Crippen LogP contribution in [0.4, 0.5) is 0 Å². The van der Waals surface area contributed by atoms with Crippen molar-refractivity contribution in [3.8, 4) is 0 Å². The molecule has 1 aromatic carbocycles. The van der Waals surface area contributed by atoms with E-state index in [1.807, 2.05) is 18.2 Å². The number of hydrogen-bond donors (Lipinski definition) is 0. The van der Waals surface area contributed by atoms with Gasteiger partial charge in [0.25, 0.3) is 5.91 Å². The van der Waals surface area contributed by atoms with Crippen molar-refractivity contribution >= 4 is 17.4 Å². The van der Waals surface area contributed by atoms with Crippen LogP contribution in [-0.2, 0) is 16.0 Å². The lowest BCUT2D eigenvalue weighted by atomic mass is 9.89. The molecule has 3 rings (SSSR count). The van der Waals surface area contributed by atoms with Gasteiger partial charge >= 0.3 is 0 Å². The molecule has 1 amide bonds. The highest BCUT2D eigenvalue weighted by molar-refractivity contribution is 6.48. The number of rotatable bonds is 0. The van der Waals surface area contributed by atoms with E-state index in [1.165, 1.54) is 10.5 Å². The van der Waals surface area contributed by atoms with E-state index in [9.17, 15) is 9.59 Å². The fourth-order valence-corrected chi connectivity index (χ4v) is 2.50. The van der Waals surface area contributed by atoms with Crippen molar-refractivity contribution in [2.45, 2.75) is 12.8 Å². The molecule has 16 heavy (non-hydrogen) atoms. The molecule has 0 aromatic heterocycles. The first kappa shape index (κ1) is 9.33. The highest BCUT2D eigenvalue weighted by atomic mass is 16.2. The lowest BCUT2D eigenvalue weighted by Crippen LogP contribution is -2.24. The van der Waals surface area contributed by atoms with Crippen molar-refractivity contribution in [2.75, 3.05) is 7.05 Å². The maximum absolute atomic E-state index is 11.7. The zero-order valence-electron chi connectivity index (χ0n) is 8.99. The highest BCUT2D eigenvalue weighted by Crippen LogP contribution is 2.37. The molecule has 1 aliphatic carbocycles. The minimum Gasteiger partial charge on any atom is -0.308 e. The predicted molar refractivity (Wildman–Crippen MR) is 59.5 cm³/mol. The summed E-state index contributed by atoms with van der Waals surface area (Å²) in [4.78, 5) is 24.8. The number of amides is 1. The number of nitrogens with zero attached hydrogens (tertiary/aromatic N) is 1. The van der Waals surface area contributed by atoms with Gasteiger partial charge in [-0.05, 0) is 18.4 Å². The first-order chi connectivity index (χ1) is 7.70. The molecule has 0 saturated heterocycles. The van der Waals surface area contributed by atoms with E-state index in [2.05, 4.69) is 6.07 Å². The van der Waals surface area contributed by atoms with Crippen LogP contribution in [0.5, 0.6) is 0 Å². The highest BCUT2D eigenvalue weighted by Gasteiger charge is 2.38. The zero-order chi connectivity index (χ0) is 11.3. The summed E-state index contributed by atoms with van der Waals surface area (Å²) in [5, 5.41) is 0. The standard InChI is InChI=1S/C13H11NO2/c1-14-11-9-5-3-2-4-8(9)6-7-10(11)12(15)13(14)16/h2-5H,6-7H2,1H3. The van der Waals surface area contributed by atoms with Crippen molar-refractivity contribution in [1.82, 2.24) is 4.90 Å². The second-order valence-corrected chi connectivity index (χ2v) is 4.18. The number of carbonyl (C=O) groups excluding carboxylic acids is 2. The van der Waals surface area contributed by atoms with Crippen LogP contribution in [0.3, 0.4) is 0 Å². The maximum atomic E-state index is 11.7. The van der Waals surface area contributed by atoms with Gasteiger partial charge < -0.3 is 4.90 Å². The van der Waals surface area contributed by atoms with Crippen LogP contribution in [0.2, 0.25) is 0 Å². The van der Waals surface area contributed by atoms with Crippen LogP contribution in [0, 0.1) is 0 Å². The van der Waals surface area contributed by atoms with Crippen molar-refractivity contribution in [3.63, 3.8) is 0 Å². The van der Waals surface area contributed by atoms with Crippen molar-refractivity contribution < 1.29 is 9.59 Å². The van der Waals surface area contributed by atoms with Crippen LogP contribution >= 0.6 is 0 Å². The topological polar surface area (TPSA) is 37.4 Å². The van der Waals surface area contributed by atoms with Gasteiger partial charge in [0.1, 0.15) is 0 Å². The summed E-state index contributed by atoms with van der Waals surface area (Å²) >= 11 is 0. The average molecular weight is 213 g/mol. The molecular weight excluding hydrogens is 202 g/mol. The van der Waals surface area contributed by atoms with E-state index in [-0.39, 0.29) is 5.78 Å². The molecule has 1 aromatic rings. The number of carbonyl (C=O) groups is 2. The molecule has 0 unspecified atom stereocenters. The van der Waals surface area contributed by atoms with E-state index in [0.29, 0.717) is 12.0 Å². The fourth-order valence-electron chi connectivity index (χ4n) is 2.50. The van der Waals surface area contributed by atoms with Gasteiger partial charge in [0.2, 0.25) is 5.78 Å². The Morgan fingerprint density at radius 2 is 1.88 bits per heavy atom. The third kappa shape index (κ3) is 1.03. The summed E-state index contributed by atoms with van der Waals surface area (Å²) in [5.74, 6) is -0.728.